The van der Waals surface area contributed by atoms with Gasteiger partial charge in [0.05, 0.1) is 0 Å². The van der Waals surface area contributed by atoms with Crippen LogP contribution in [0.25, 0.3) is 0 Å². The fraction of sp³-hybridized carbons (Fsp3) is 0.438. The van der Waals surface area contributed by atoms with Crippen LogP contribution in [0.2, 0.25) is 5.02 Å². The molecule has 0 spiro atoms. The summed E-state index contributed by atoms with van der Waals surface area (Å²) >= 11 is 5.98. The van der Waals surface area contributed by atoms with E-state index in [1.54, 1.807) is 0 Å². The first-order valence-corrected chi connectivity index (χ1v) is 7.54. The summed E-state index contributed by atoms with van der Waals surface area (Å²) < 4.78 is 2.22. The Morgan fingerprint density at radius 2 is 2.25 bits per heavy atom. The minimum Gasteiger partial charge on any atom is -0.333 e. The van der Waals surface area contributed by atoms with E-state index in [4.69, 9.17) is 11.6 Å². The van der Waals surface area contributed by atoms with Gasteiger partial charge in [-0.2, -0.15) is 0 Å². The van der Waals surface area contributed by atoms with Gasteiger partial charge in [0.25, 0.3) is 0 Å². The molecule has 0 bridgehead atoms. The molecule has 1 heterocycles. The number of imidazole rings is 1. The molecule has 0 fully saturated rings. The Bertz CT molecular complexity index is 536. The Kier molecular flexibility index (Phi) is 5.62. The predicted octanol–water partition coefficient (Wildman–Crippen LogP) is 3.32. The van der Waals surface area contributed by atoms with Crippen molar-refractivity contribution < 1.29 is 0 Å². The summed E-state index contributed by atoms with van der Waals surface area (Å²) in [5, 5.41) is 4.36. The molecule has 0 aliphatic heterocycles. The van der Waals surface area contributed by atoms with Crippen LogP contribution in [0, 0.1) is 0 Å². The summed E-state index contributed by atoms with van der Waals surface area (Å²) in [5.41, 5.74) is 1.27. The van der Waals surface area contributed by atoms with Crippen molar-refractivity contribution in [2.75, 3.05) is 6.54 Å². The van der Waals surface area contributed by atoms with E-state index >= 15 is 0 Å². The summed E-state index contributed by atoms with van der Waals surface area (Å²) in [5.74, 6) is 1.15. The molecule has 0 aliphatic rings. The minimum atomic E-state index is 0.425. The molecule has 0 aliphatic carbocycles. The lowest BCUT2D eigenvalue weighted by molar-refractivity contribution is 0.471. The Hall–Kier alpha value is -1.32. The van der Waals surface area contributed by atoms with E-state index in [2.05, 4.69) is 34.8 Å². The number of rotatable bonds is 7. The van der Waals surface area contributed by atoms with Gasteiger partial charge >= 0.3 is 0 Å². The van der Waals surface area contributed by atoms with Crippen LogP contribution in [-0.2, 0) is 19.4 Å². The van der Waals surface area contributed by atoms with Crippen LogP contribution in [-0.4, -0.2) is 22.1 Å². The highest BCUT2D eigenvalue weighted by molar-refractivity contribution is 6.30. The predicted molar refractivity (Wildman–Crippen MR) is 84.2 cm³/mol. The fourth-order valence-electron chi connectivity index (χ4n) is 2.34. The second-order valence-corrected chi connectivity index (χ2v) is 5.52. The maximum absolute atomic E-state index is 5.98. The zero-order valence-electron chi connectivity index (χ0n) is 12.1. The van der Waals surface area contributed by atoms with Crippen molar-refractivity contribution in [2.24, 2.45) is 0 Å². The lowest BCUT2D eigenvalue weighted by Crippen LogP contribution is -2.32. The molecule has 0 radical (unpaired) electrons. The maximum atomic E-state index is 5.98. The molecule has 1 unspecified atom stereocenters. The second-order valence-electron chi connectivity index (χ2n) is 5.08. The molecular weight excluding hydrogens is 270 g/mol. The van der Waals surface area contributed by atoms with Crippen LogP contribution < -0.4 is 5.32 Å². The SMILES string of the molecule is CCc1nccn1CC(C)NCCc1cccc(Cl)c1. The molecule has 1 atom stereocenters. The monoisotopic (exact) mass is 291 g/mol. The molecule has 0 saturated carbocycles. The van der Waals surface area contributed by atoms with Crippen LogP contribution in [0.1, 0.15) is 25.2 Å². The number of benzene rings is 1. The van der Waals surface area contributed by atoms with Gasteiger partial charge in [-0.25, -0.2) is 4.98 Å². The maximum Gasteiger partial charge on any atom is 0.108 e. The van der Waals surface area contributed by atoms with Gasteiger partial charge < -0.3 is 9.88 Å². The molecule has 3 nitrogen and oxygen atoms in total. The van der Waals surface area contributed by atoms with Gasteiger partial charge in [-0.3, -0.25) is 0 Å². The van der Waals surface area contributed by atoms with Gasteiger partial charge in [0.2, 0.25) is 0 Å². The lowest BCUT2D eigenvalue weighted by Gasteiger charge is -2.16. The van der Waals surface area contributed by atoms with Gasteiger partial charge in [-0.1, -0.05) is 30.7 Å². The number of hydrogen-bond acceptors (Lipinski definition) is 2. The highest BCUT2D eigenvalue weighted by atomic mass is 35.5. The van der Waals surface area contributed by atoms with E-state index in [-0.39, 0.29) is 0 Å². The van der Waals surface area contributed by atoms with Crippen LogP contribution in [0.3, 0.4) is 0 Å². The minimum absolute atomic E-state index is 0.425. The average molecular weight is 292 g/mol. The van der Waals surface area contributed by atoms with E-state index in [0.717, 1.165) is 36.8 Å². The molecule has 1 N–H and O–H groups in total. The van der Waals surface area contributed by atoms with E-state index in [0.29, 0.717) is 6.04 Å². The molecule has 0 saturated heterocycles. The van der Waals surface area contributed by atoms with Gasteiger partial charge in [-0.05, 0) is 37.6 Å². The quantitative estimate of drug-likeness (QED) is 0.848. The van der Waals surface area contributed by atoms with Crippen molar-refractivity contribution in [3.05, 3.63) is 53.1 Å². The number of nitrogens with zero attached hydrogens (tertiary/aromatic N) is 2. The van der Waals surface area contributed by atoms with Crippen molar-refractivity contribution in [1.29, 1.82) is 0 Å². The van der Waals surface area contributed by atoms with Crippen molar-refractivity contribution in [3.8, 4) is 0 Å². The topological polar surface area (TPSA) is 29.9 Å². The number of hydrogen-bond donors (Lipinski definition) is 1. The first kappa shape index (κ1) is 15.1. The van der Waals surface area contributed by atoms with Crippen molar-refractivity contribution in [2.45, 2.75) is 39.3 Å². The van der Waals surface area contributed by atoms with Gasteiger partial charge in [0.15, 0.2) is 0 Å². The lowest BCUT2D eigenvalue weighted by atomic mass is 10.1. The molecule has 1 aromatic carbocycles. The normalized spacial score (nSPS) is 12.6. The Morgan fingerprint density at radius 3 is 3.00 bits per heavy atom. The summed E-state index contributed by atoms with van der Waals surface area (Å²) in [6, 6.07) is 8.48. The zero-order chi connectivity index (χ0) is 14.4. The highest BCUT2D eigenvalue weighted by Crippen LogP contribution is 2.10. The van der Waals surface area contributed by atoms with E-state index < -0.39 is 0 Å². The van der Waals surface area contributed by atoms with Crippen molar-refractivity contribution >= 4 is 11.6 Å². The van der Waals surface area contributed by atoms with Crippen molar-refractivity contribution in [1.82, 2.24) is 14.9 Å². The zero-order valence-corrected chi connectivity index (χ0v) is 12.9. The first-order chi connectivity index (χ1) is 9.69. The standard InChI is InChI=1S/C16H22ClN3/c1-3-16-19-9-10-20(16)12-13(2)18-8-7-14-5-4-6-15(17)11-14/h4-6,9-11,13,18H,3,7-8,12H2,1-2H3. The third kappa shape index (κ3) is 4.36. The van der Waals surface area contributed by atoms with Gasteiger partial charge in [0.1, 0.15) is 5.82 Å². The highest BCUT2D eigenvalue weighted by Gasteiger charge is 2.05. The van der Waals surface area contributed by atoms with Crippen LogP contribution in [0.5, 0.6) is 0 Å². The number of nitrogens with one attached hydrogen (secondary N) is 1. The molecule has 2 aromatic rings. The molecule has 2 rings (SSSR count). The molecule has 1 aromatic heterocycles. The smallest absolute Gasteiger partial charge is 0.108 e. The van der Waals surface area contributed by atoms with E-state index in [1.807, 2.05) is 30.6 Å². The molecule has 20 heavy (non-hydrogen) atoms. The average Bonchev–Trinajstić information content (AvgIpc) is 2.86. The largest absolute Gasteiger partial charge is 0.333 e. The summed E-state index contributed by atoms with van der Waals surface area (Å²) in [4.78, 5) is 4.35. The molecular formula is C16H22ClN3. The summed E-state index contributed by atoms with van der Waals surface area (Å²) in [6.07, 6.45) is 5.89. The first-order valence-electron chi connectivity index (χ1n) is 7.17. The van der Waals surface area contributed by atoms with Crippen molar-refractivity contribution in [3.63, 3.8) is 0 Å². The molecule has 108 valence electrons. The Morgan fingerprint density at radius 1 is 1.40 bits per heavy atom. The third-order valence-electron chi connectivity index (χ3n) is 3.38. The molecule has 0 amide bonds. The fourth-order valence-corrected chi connectivity index (χ4v) is 2.55. The summed E-state index contributed by atoms with van der Waals surface area (Å²) in [7, 11) is 0. The Balaban J connectivity index is 1.76. The number of halogens is 1. The van der Waals surface area contributed by atoms with Crippen LogP contribution in [0.15, 0.2) is 36.7 Å². The number of aromatic nitrogens is 2. The van der Waals surface area contributed by atoms with Crippen LogP contribution in [0.4, 0.5) is 0 Å². The second kappa shape index (κ2) is 7.46. The molecule has 4 heteroatoms. The van der Waals surface area contributed by atoms with E-state index in [9.17, 15) is 0 Å². The third-order valence-corrected chi connectivity index (χ3v) is 3.62. The Labute approximate surface area is 126 Å². The summed E-state index contributed by atoms with van der Waals surface area (Å²) in [6.45, 7) is 6.25. The van der Waals surface area contributed by atoms with Gasteiger partial charge in [-0.15, -0.1) is 0 Å². The van der Waals surface area contributed by atoms with Crippen LogP contribution >= 0.6 is 11.6 Å². The number of aryl methyl sites for hydroxylation is 1. The van der Waals surface area contributed by atoms with Gasteiger partial charge in [0, 0.05) is 36.4 Å². The van der Waals surface area contributed by atoms with E-state index in [1.165, 1.54) is 5.56 Å².